The molecule has 7 nitrogen and oxygen atoms in total. The predicted molar refractivity (Wildman–Crippen MR) is 144 cm³/mol. The summed E-state index contributed by atoms with van der Waals surface area (Å²) in [4.78, 5) is 31.5. The van der Waals surface area contributed by atoms with Crippen molar-refractivity contribution in [2.75, 3.05) is 7.11 Å². The number of nitrogens with zero attached hydrogens (tertiary/aromatic N) is 1. The summed E-state index contributed by atoms with van der Waals surface area (Å²) in [6.45, 7) is 1.29. The molecule has 0 aliphatic carbocycles. The van der Waals surface area contributed by atoms with E-state index in [9.17, 15) is 9.59 Å². The monoisotopic (exact) mass is 513 g/mol. The Labute approximate surface area is 218 Å². The molecule has 5 rings (SSSR count). The number of carbonyl (C=O) groups excluding carboxylic acids is 1. The van der Waals surface area contributed by atoms with Gasteiger partial charge in [0.05, 0.1) is 26.5 Å². The average molecular weight is 514 g/mol. The van der Waals surface area contributed by atoms with E-state index < -0.39 is 6.04 Å². The van der Waals surface area contributed by atoms with Gasteiger partial charge in [0.1, 0.15) is 17.6 Å². The molecule has 0 saturated heterocycles. The highest BCUT2D eigenvalue weighted by molar-refractivity contribution is 7.09. The van der Waals surface area contributed by atoms with Crippen molar-refractivity contribution in [2.45, 2.75) is 25.7 Å². The van der Waals surface area contributed by atoms with Gasteiger partial charge in [-0.2, -0.15) is 0 Å². The zero-order chi connectivity index (χ0) is 25.6. The Hall–Kier alpha value is -4.14. The summed E-state index contributed by atoms with van der Waals surface area (Å²) in [5, 5.41) is 6.41. The number of rotatable bonds is 10. The van der Waals surface area contributed by atoms with Crippen molar-refractivity contribution in [3.05, 3.63) is 123 Å². The van der Waals surface area contributed by atoms with Crippen molar-refractivity contribution in [2.24, 2.45) is 0 Å². The molecule has 5 aromatic rings. The van der Waals surface area contributed by atoms with Gasteiger partial charge < -0.3 is 19.0 Å². The number of pyridine rings is 1. The maximum atomic E-state index is 14.1. The van der Waals surface area contributed by atoms with Crippen LogP contribution in [-0.4, -0.2) is 22.9 Å². The van der Waals surface area contributed by atoms with Gasteiger partial charge in [0, 0.05) is 23.0 Å². The molecule has 0 bridgehead atoms. The van der Waals surface area contributed by atoms with Gasteiger partial charge in [0.15, 0.2) is 0 Å². The van der Waals surface area contributed by atoms with Crippen LogP contribution in [0.25, 0.3) is 10.9 Å². The van der Waals surface area contributed by atoms with E-state index in [0.717, 1.165) is 32.7 Å². The minimum atomic E-state index is -0.615. The van der Waals surface area contributed by atoms with E-state index in [1.165, 1.54) is 6.07 Å². The number of benzene rings is 2. The zero-order valence-corrected chi connectivity index (χ0v) is 21.2. The van der Waals surface area contributed by atoms with Crippen LogP contribution in [0.3, 0.4) is 0 Å². The van der Waals surface area contributed by atoms with Crippen molar-refractivity contribution in [1.29, 1.82) is 0 Å². The number of methoxy groups -OCH3 is 1. The van der Waals surface area contributed by atoms with Crippen LogP contribution >= 0.6 is 11.3 Å². The van der Waals surface area contributed by atoms with Crippen LogP contribution in [0.5, 0.6) is 5.75 Å². The Bertz CT molecular complexity index is 1490. The summed E-state index contributed by atoms with van der Waals surface area (Å²) in [7, 11) is 1.61. The molecule has 1 atom stereocenters. The highest BCUT2D eigenvalue weighted by Crippen LogP contribution is 2.25. The molecule has 0 aliphatic heterocycles. The number of hydrogen-bond acceptors (Lipinski definition) is 6. The van der Waals surface area contributed by atoms with E-state index in [4.69, 9.17) is 9.15 Å². The Morgan fingerprint density at radius 1 is 1.05 bits per heavy atom. The van der Waals surface area contributed by atoms with Crippen molar-refractivity contribution in [3.63, 3.8) is 0 Å². The first-order chi connectivity index (χ1) is 18.1. The van der Waals surface area contributed by atoms with Crippen LogP contribution in [0.1, 0.15) is 27.8 Å². The van der Waals surface area contributed by atoms with Crippen molar-refractivity contribution >= 4 is 28.1 Å². The summed E-state index contributed by atoms with van der Waals surface area (Å²) in [6, 6.07) is 23.8. The molecule has 0 unspecified atom stereocenters. The topological polar surface area (TPSA) is 87.6 Å². The summed E-state index contributed by atoms with van der Waals surface area (Å²) in [5.74, 6) is 1.34. The molecule has 188 valence electrons. The largest absolute Gasteiger partial charge is 0.497 e. The van der Waals surface area contributed by atoms with Crippen LogP contribution in [0.2, 0.25) is 0 Å². The normalized spacial score (nSPS) is 11.9. The van der Waals surface area contributed by atoms with Gasteiger partial charge in [-0.25, -0.2) is 0 Å². The lowest BCUT2D eigenvalue weighted by atomic mass is 10.0. The number of H-pyrrole nitrogens is 1. The lowest BCUT2D eigenvalue weighted by molar-refractivity contribution is -0.135. The first-order valence-corrected chi connectivity index (χ1v) is 12.8. The smallest absolute Gasteiger partial charge is 0.248 e. The first-order valence-electron chi connectivity index (χ1n) is 11.9. The number of fused-ring (bicyclic) bond motifs is 1. The van der Waals surface area contributed by atoms with Crippen LogP contribution in [-0.2, 0) is 24.4 Å². The fourth-order valence-electron chi connectivity index (χ4n) is 4.28. The number of nitrogens with one attached hydrogen (secondary N) is 2. The number of thiophene rings is 1. The number of hydrogen-bond donors (Lipinski definition) is 2. The van der Waals surface area contributed by atoms with Gasteiger partial charge in [0.2, 0.25) is 11.5 Å². The van der Waals surface area contributed by atoms with Gasteiger partial charge in [-0.15, -0.1) is 11.3 Å². The molecule has 0 saturated carbocycles. The van der Waals surface area contributed by atoms with Crippen LogP contribution in [0, 0.1) is 0 Å². The molecular formula is C29H27N3O4S. The van der Waals surface area contributed by atoms with Crippen LogP contribution in [0.4, 0.5) is 0 Å². The number of aromatic amines is 1. The highest BCUT2D eigenvalue weighted by atomic mass is 32.1. The number of ether oxygens (including phenoxy) is 1. The third kappa shape index (κ3) is 5.99. The summed E-state index contributed by atoms with van der Waals surface area (Å²) < 4.78 is 11.0. The third-order valence-corrected chi connectivity index (χ3v) is 7.00. The second-order valence-corrected chi connectivity index (χ2v) is 9.72. The average Bonchev–Trinajstić information content (AvgIpc) is 3.63. The fraction of sp³-hybridized carbons (Fsp3) is 0.172. The second kappa shape index (κ2) is 11.3. The van der Waals surface area contributed by atoms with Gasteiger partial charge >= 0.3 is 0 Å². The van der Waals surface area contributed by atoms with E-state index in [1.54, 1.807) is 30.8 Å². The Kier molecular flexibility index (Phi) is 7.49. The fourth-order valence-corrected chi connectivity index (χ4v) is 5.00. The van der Waals surface area contributed by atoms with Crippen LogP contribution in [0.15, 0.2) is 99.7 Å². The van der Waals surface area contributed by atoms with E-state index in [1.807, 2.05) is 77.0 Å². The molecule has 37 heavy (non-hydrogen) atoms. The van der Waals surface area contributed by atoms with Crippen molar-refractivity contribution in [3.8, 4) is 5.75 Å². The maximum Gasteiger partial charge on any atom is 0.248 e. The van der Waals surface area contributed by atoms with Crippen molar-refractivity contribution in [1.82, 2.24) is 15.2 Å². The van der Waals surface area contributed by atoms with Crippen molar-refractivity contribution < 1.29 is 13.9 Å². The molecule has 3 aromatic heterocycles. The molecule has 2 N–H and O–H groups in total. The molecular weight excluding hydrogens is 486 g/mol. The molecule has 0 fully saturated rings. The summed E-state index contributed by atoms with van der Waals surface area (Å²) >= 11 is 1.62. The molecule has 2 aromatic carbocycles. The van der Waals surface area contributed by atoms with E-state index >= 15 is 0 Å². The third-order valence-electron chi connectivity index (χ3n) is 6.14. The Balaban J connectivity index is 1.45. The number of carbonyl (C=O) groups is 1. The van der Waals surface area contributed by atoms with Crippen LogP contribution < -0.4 is 15.6 Å². The number of furan rings is 1. The van der Waals surface area contributed by atoms with Gasteiger partial charge in [-0.1, -0.05) is 24.3 Å². The summed E-state index contributed by atoms with van der Waals surface area (Å²) in [6.07, 6.45) is 1.62. The molecule has 0 aliphatic rings. The van der Waals surface area contributed by atoms with E-state index in [-0.39, 0.29) is 11.5 Å². The van der Waals surface area contributed by atoms with E-state index in [2.05, 4.69) is 10.3 Å². The number of aromatic nitrogens is 1. The predicted octanol–water partition coefficient (Wildman–Crippen LogP) is 5.25. The molecule has 1 amide bonds. The minimum absolute atomic E-state index is 0.0665. The second-order valence-electron chi connectivity index (χ2n) is 8.69. The molecule has 3 heterocycles. The SMILES string of the molecule is COc1cccc([C@@H](NCc2ccc3[nH]c(=O)ccc3c2)C(=O)N(Cc2ccco2)Cc2cccs2)c1. The zero-order valence-electron chi connectivity index (χ0n) is 20.3. The lowest BCUT2D eigenvalue weighted by Gasteiger charge is -2.28. The highest BCUT2D eigenvalue weighted by Gasteiger charge is 2.27. The molecule has 0 spiro atoms. The summed E-state index contributed by atoms with van der Waals surface area (Å²) in [5.41, 5.74) is 2.45. The maximum absolute atomic E-state index is 14.1. The van der Waals surface area contributed by atoms with E-state index in [0.29, 0.717) is 25.4 Å². The van der Waals surface area contributed by atoms with Gasteiger partial charge in [-0.3, -0.25) is 14.9 Å². The van der Waals surface area contributed by atoms with Gasteiger partial charge in [-0.05, 0) is 70.4 Å². The molecule has 8 heteroatoms. The Morgan fingerprint density at radius 3 is 2.76 bits per heavy atom. The standard InChI is InChI=1S/C29H27N3O4S/c1-35-23-6-2-5-22(16-23)28(30-17-20-9-11-26-21(15-20)10-12-27(33)31-26)29(34)32(18-24-7-3-13-36-24)19-25-8-4-14-37-25/h2-16,28,30H,17-19H2,1H3,(H,31,33)/t28-/m1/s1. The minimum Gasteiger partial charge on any atom is -0.497 e. The number of amides is 1. The van der Waals surface area contributed by atoms with Gasteiger partial charge in [0.25, 0.3) is 0 Å². The first kappa shape index (κ1) is 24.5. The lowest BCUT2D eigenvalue weighted by Crippen LogP contribution is -2.40. The quantitative estimate of drug-likeness (QED) is 0.266. The Morgan fingerprint density at radius 2 is 1.97 bits per heavy atom. The molecule has 0 radical (unpaired) electrons.